The van der Waals surface area contributed by atoms with Crippen LogP contribution in [0.2, 0.25) is 118 Å². The van der Waals surface area contributed by atoms with Gasteiger partial charge in [-0.05, 0) is 48.5 Å². The van der Waals surface area contributed by atoms with Crippen molar-refractivity contribution in [1.29, 1.82) is 0 Å². The van der Waals surface area contributed by atoms with Crippen LogP contribution in [0.25, 0.3) is 50.1 Å². The van der Waals surface area contributed by atoms with E-state index in [0.717, 1.165) is 30.6 Å². The van der Waals surface area contributed by atoms with Crippen LogP contribution in [0.3, 0.4) is 0 Å². The van der Waals surface area contributed by atoms with Crippen LogP contribution in [0.5, 0.6) is 0 Å². The zero-order valence-electron chi connectivity index (χ0n) is 42.1. The first kappa shape index (κ1) is 52.2. The summed E-state index contributed by atoms with van der Waals surface area (Å²) in [6.07, 6.45) is 0. The molecule has 6 heterocycles. The van der Waals surface area contributed by atoms with Gasteiger partial charge >= 0.3 is 0 Å². The van der Waals surface area contributed by atoms with Crippen LogP contribution in [-0.2, 0) is 0 Å². The lowest BCUT2D eigenvalue weighted by Gasteiger charge is -2.04. The molecule has 0 aliphatic carbocycles. The molecule has 0 fully saturated rings. The van der Waals surface area contributed by atoms with Gasteiger partial charge < -0.3 is 0 Å². The van der Waals surface area contributed by atoms with E-state index in [4.69, 9.17) is 0 Å². The third-order valence-electron chi connectivity index (χ3n) is 8.71. The average molecular weight is 1070 g/mol. The Morgan fingerprint density at radius 1 is 0.273 bits per heavy atom. The SMILES string of the molecule is C[Si](C)(C)C#Cc1ccc(-c2cc(-c3cc(-c4sc(C#C[Si](C)(C)C)cc4C#C[Si](C)(C)C)c(-c4ccc(C#C[Si](C)(C)C)s4)s3)sc2-c2sc(C#C[Si](C)(C)C)cc2C#C[Si](C)(C)C)s1. The van der Waals surface area contributed by atoms with Crippen molar-refractivity contribution in [2.24, 2.45) is 0 Å². The summed E-state index contributed by atoms with van der Waals surface area (Å²) in [7, 11) is -9.67. The molecule has 0 unspecified atom stereocenters. The van der Waals surface area contributed by atoms with Gasteiger partial charge in [-0.15, -0.1) is 101 Å². The molecule has 6 rings (SSSR count). The van der Waals surface area contributed by atoms with E-state index in [1.165, 1.54) is 50.1 Å². The number of thiophene rings is 6. The Morgan fingerprint density at radius 3 is 1.08 bits per heavy atom. The van der Waals surface area contributed by atoms with Gasteiger partial charge in [0, 0.05) is 41.8 Å². The van der Waals surface area contributed by atoms with Crippen molar-refractivity contribution >= 4 is 116 Å². The summed E-state index contributed by atoms with van der Waals surface area (Å²) in [5.74, 6) is 21.7. The molecular weight excluding hydrogens is 1010 g/mol. The normalized spacial score (nSPS) is 12.0. The van der Waals surface area contributed by atoms with Crippen LogP contribution >= 0.6 is 68.0 Å². The molecule has 0 radical (unpaired) electrons. The van der Waals surface area contributed by atoms with Gasteiger partial charge in [-0.1, -0.05) is 153 Å². The van der Waals surface area contributed by atoms with E-state index in [2.05, 4.69) is 235 Å². The largest absolute Gasteiger partial charge is 0.133 e. The highest BCUT2D eigenvalue weighted by Gasteiger charge is 2.25. The van der Waals surface area contributed by atoms with Crippen LogP contribution in [-0.4, -0.2) is 48.4 Å². The Morgan fingerprint density at radius 2 is 0.621 bits per heavy atom. The number of hydrogen-bond donors (Lipinski definition) is 0. The van der Waals surface area contributed by atoms with Crippen molar-refractivity contribution in [1.82, 2.24) is 0 Å². The second-order valence-corrected chi connectivity index (χ2v) is 57.6. The van der Waals surface area contributed by atoms with Crippen molar-refractivity contribution in [3.8, 4) is 119 Å². The highest BCUT2D eigenvalue weighted by Crippen LogP contribution is 2.53. The monoisotopic (exact) mass is 1070 g/mol. The van der Waals surface area contributed by atoms with Crippen molar-refractivity contribution in [2.75, 3.05) is 0 Å². The molecule has 66 heavy (non-hydrogen) atoms. The van der Waals surface area contributed by atoms with Gasteiger partial charge in [0.05, 0.1) is 39.0 Å². The van der Waals surface area contributed by atoms with E-state index in [1.807, 2.05) is 22.7 Å². The van der Waals surface area contributed by atoms with E-state index >= 15 is 0 Å². The summed E-state index contributed by atoms with van der Waals surface area (Å²) < 4.78 is 0. The first-order valence-corrected chi connectivity index (χ1v) is 48.2. The molecule has 6 aromatic rings. The molecule has 0 spiro atoms. The average Bonchev–Trinajstić information content (AvgIpc) is 4.02. The Labute approximate surface area is 428 Å². The second-order valence-electron chi connectivity index (χ2n) is 22.7. The molecule has 0 bridgehead atoms. The second kappa shape index (κ2) is 20.1. The molecule has 0 saturated carbocycles. The van der Waals surface area contributed by atoms with E-state index in [1.54, 1.807) is 45.3 Å². The van der Waals surface area contributed by atoms with E-state index in [9.17, 15) is 0 Å². The minimum absolute atomic E-state index is 1.08. The lowest BCUT2D eigenvalue weighted by atomic mass is 10.1. The summed E-state index contributed by atoms with van der Waals surface area (Å²) in [5, 5.41) is 0. The van der Waals surface area contributed by atoms with E-state index in [0.29, 0.717) is 0 Å². The Kier molecular flexibility index (Phi) is 15.9. The molecule has 0 aliphatic heterocycles. The third kappa shape index (κ3) is 15.4. The molecule has 6 aromatic heterocycles. The van der Waals surface area contributed by atoms with Gasteiger partial charge in [0.1, 0.15) is 48.4 Å². The predicted octanol–water partition coefficient (Wildman–Crippen LogP) is 17.8. The molecule has 12 heteroatoms. The number of rotatable bonds is 5. The fraction of sp³-hybridized carbons (Fsp3) is 0.333. The molecule has 0 atom stereocenters. The molecular formula is C54H62S6Si6. The van der Waals surface area contributed by atoms with Gasteiger partial charge in [0.25, 0.3) is 0 Å². The predicted molar refractivity (Wildman–Crippen MR) is 322 cm³/mol. The fourth-order valence-corrected chi connectivity index (χ4v) is 15.7. The zero-order valence-corrected chi connectivity index (χ0v) is 53.0. The van der Waals surface area contributed by atoms with Gasteiger partial charge in [0.15, 0.2) is 0 Å². The maximum atomic E-state index is 3.71. The Hall–Kier alpha value is -3.14. The van der Waals surface area contributed by atoms with Gasteiger partial charge in [0.2, 0.25) is 0 Å². The van der Waals surface area contributed by atoms with Crippen molar-refractivity contribution in [2.45, 2.75) is 118 Å². The number of hydrogen-bond acceptors (Lipinski definition) is 6. The minimum Gasteiger partial charge on any atom is -0.133 e. The molecule has 0 N–H and O–H groups in total. The summed E-state index contributed by atoms with van der Waals surface area (Å²) in [6.45, 7) is 41.6. The molecule has 0 aliphatic rings. The van der Waals surface area contributed by atoms with Crippen molar-refractivity contribution < 1.29 is 0 Å². The van der Waals surface area contributed by atoms with Crippen molar-refractivity contribution in [3.05, 3.63) is 79.2 Å². The van der Waals surface area contributed by atoms with Crippen LogP contribution in [0.15, 0.2) is 48.5 Å². The van der Waals surface area contributed by atoms with Crippen LogP contribution in [0.1, 0.15) is 30.6 Å². The maximum absolute atomic E-state index is 3.71. The lowest BCUT2D eigenvalue weighted by Crippen LogP contribution is -2.16. The summed E-state index contributed by atoms with van der Waals surface area (Å²) in [4.78, 5) is 14.3. The zero-order chi connectivity index (χ0) is 48.6. The van der Waals surface area contributed by atoms with Crippen LogP contribution < -0.4 is 0 Å². The lowest BCUT2D eigenvalue weighted by molar-refractivity contribution is 1.75. The van der Waals surface area contributed by atoms with Crippen molar-refractivity contribution in [3.63, 3.8) is 0 Å². The van der Waals surface area contributed by atoms with Gasteiger partial charge in [-0.3, -0.25) is 0 Å². The first-order chi connectivity index (χ1) is 30.4. The quantitative estimate of drug-likeness (QED) is 0.119. The summed E-state index contributed by atoms with van der Waals surface area (Å²) in [6, 6.07) is 18.4. The highest BCUT2D eigenvalue weighted by atomic mass is 32.1. The molecule has 338 valence electrons. The summed E-state index contributed by atoms with van der Waals surface area (Å²) >= 11 is 11.0. The Bertz CT molecular complexity index is 2970. The van der Waals surface area contributed by atoms with Gasteiger partial charge in [-0.2, -0.15) is 0 Å². The van der Waals surface area contributed by atoms with Gasteiger partial charge in [-0.25, -0.2) is 0 Å². The topological polar surface area (TPSA) is 0 Å². The fourth-order valence-electron chi connectivity index (χ4n) is 5.77. The van der Waals surface area contributed by atoms with E-state index < -0.39 is 48.4 Å². The van der Waals surface area contributed by atoms with Crippen LogP contribution in [0.4, 0.5) is 0 Å². The molecule has 0 aromatic carbocycles. The van der Waals surface area contributed by atoms with Crippen LogP contribution in [0, 0.1) is 68.8 Å². The molecule has 0 nitrogen and oxygen atoms in total. The third-order valence-corrected chi connectivity index (χ3v) is 20.9. The minimum atomic E-state index is -1.67. The first-order valence-electron chi connectivity index (χ1n) is 22.3. The molecule has 0 amide bonds. The Balaban J connectivity index is 1.65. The summed E-state index contributed by atoms with van der Waals surface area (Å²) in [5.41, 5.74) is 26.5. The maximum Gasteiger partial charge on any atom is 0.129 e. The van der Waals surface area contributed by atoms with E-state index in [-0.39, 0.29) is 0 Å². The highest BCUT2D eigenvalue weighted by molar-refractivity contribution is 7.30. The smallest absolute Gasteiger partial charge is 0.129 e. The molecule has 0 saturated heterocycles. The standard InChI is InChI=1S/C54H62S6Si6/c1-61(2,3)29-23-39-35-43(27-33-65(13,14)15)57-51(39)46-38-50(59-53(46)48-22-20-42(56-48)26-32-64(10,11)12)49-37-45(47-21-19-41(55-47)25-31-63(7,8)9)54(60-49)52-40(24-30-62(4,5)6)36-44(58-52)28-34-66(16,17)18/h19-22,35-38H,1-18H3.